The molecule has 0 atom stereocenters. The molecule has 0 radical (unpaired) electrons. The maximum Gasteiger partial charge on any atom is 0.216 e. The Morgan fingerprint density at radius 1 is 1.26 bits per heavy atom. The summed E-state index contributed by atoms with van der Waals surface area (Å²) in [5, 5.41) is 18.9. The number of benzene rings is 2. The van der Waals surface area contributed by atoms with E-state index in [9.17, 15) is 18.8 Å². The van der Waals surface area contributed by atoms with Gasteiger partial charge in [0.15, 0.2) is 11.5 Å². The summed E-state index contributed by atoms with van der Waals surface area (Å²) in [7, 11) is -3.89. The second kappa shape index (κ2) is 6.99. The van der Waals surface area contributed by atoms with Crippen molar-refractivity contribution < 1.29 is 18.3 Å². The fraction of sp³-hybridized carbons (Fsp3) is 0.118. The first-order valence-corrected chi connectivity index (χ1v) is 8.35. The number of allylic oxidation sites excluding steroid dienone is 1. The molecule has 0 bridgehead atoms. The summed E-state index contributed by atoms with van der Waals surface area (Å²) >= 11 is 0. The third-order valence-electron chi connectivity index (χ3n) is 3.03. The predicted octanol–water partition coefficient (Wildman–Crippen LogP) is 3.13. The largest absolute Gasteiger partial charge is 0.504 e. The van der Waals surface area contributed by atoms with Crippen LogP contribution in [0.25, 0.3) is 6.08 Å². The molecule has 6 heteroatoms. The smallest absolute Gasteiger partial charge is 0.216 e. The number of ether oxygens (including phenoxy) is 1. The predicted molar refractivity (Wildman–Crippen MR) is 86.5 cm³/mol. The van der Waals surface area contributed by atoms with Gasteiger partial charge in [-0.05, 0) is 42.8 Å². The summed E-state index contributed by atoms with van der Waals surface area (Å²) in [5.41, 5.74) is 0.447. The van der Waals surface area contributed by atoms with Gasteiger partial charge in [0, 0.05) is 0 Å². The Labute approximate surface area is 135 Å². The molecule has 5 nitrogen and oxygen atoms in total. The highest BCUT2D eigenvalue weighted by molar-refractivity contribution is 7.95. The van der Waals surface area contributed by atoms with Crippen LogP contribution < -0.4 is 4.74 Å². The molecule has 2 aromatic rings. The molecule has 0 saturated heterocycles. The monoisotopic (exact) mass is 329 g/mol. The Bertz CT molecular complexity index is 865. The Balaban J connectivity index is 2.48. The third kappa shape index (κ3) is 3.71. The second-order valence-corrected chi connectivity index (χ2v) is 6.52. The number of hydrogen-bond acceptors (Lipinski definition) is 5. The number of phenols is 1. The second-order valence-electron chi connectivity index (χ2n) is 4.60. The van der Waals surface area contributed by atoms with Crippen LogP contribution in [0.2, 0.25) is 0 Å². The quantitative estimate of drug-likeness (QED) is 0.852. The molecule has 0 aliphatic carbocycles. The van der Waals surface area contributed by atoms with Gasteiger partial charge in [-0.3, -0.25) is 0 Å². The fourth-order valence-electron chi connectivity index (χ4n) is 1.94. The molecular weight excluding hydrogens is 314 g/mol. The Morgan fingerprint density at radius 3 is 2.57 bits per heavy atom. The molecule has 0 unspecified atom stereocenters. The molecule has 0 aliphatic heterocycles. The zero-order chi connectivity index (χ0) is 16.9. The van der Waals surface area contributed by atoms with Crippen molar-refractivity contribution in [2.45, 2.75) is 11.8 Å². The Kier molecular flexibility index (Phi) is 5.04. The van der Waals surface area contributed by atoms with Crippen molar-refractivity contribution in [3.8, 4) is 17.6 Å². The van der Waals surface area contributed by atoms with Crippen LogP contribution in [0.5, 0.6) is 11.5 Å². The average molecular weight is 329 g/mol. The lowest BCUT2D eigenvalue weighted by atomic mass is 10.2. The van der Waals surface area contributed by atoms with Crippen LogP contribution in [0, 0.1) is 11.3 Å². The van der Waals surface area contributed by atoms with Crippen LogP contribution in [0.4, 0.5) is 0 Å². The van der Waals surface area contributed by atoms with Gasteiger partial charge in [0.1, 0.15) is 11.0 Å². The number of aromatic hydroxyl groups is 1. The number of hydrogen-bond donors (Lipinski definition) is 1. The Morgan fingerprint density at radius 2 is 1.96 bits per heavy atom. The molecule has 0 aromatic heterocycles. The molecule has 2 rings (SSSR count). The van der Waals surface area contributed by atoms with Crippen LogP contribution in [-0.2, 0) is 9.84 Å². The van der Waals surface area contributed by atoms with E-state index in [2.05, 4.69) is 0 Å². The topological polar surface area (TPSA) is 87.4 Å². The summed E-state index contributed by atoms with van der Waals surface area (Å²) in [6, 6.07) is 13.9. The number of nitriles is 1. The van der Waals surface area contributed by atoms with Crippen molar-refractivity contribution in [3.05, 3.63) is 59.0 Å². The van der Waals surface area contributed by atoms with Gasteiger partial charge in [0.25, 0.3) is 0 Å². The maximum atomic E-state index is 12.5. The molecule has 2 aromatic carbocycles. The van der Waals surface area contributed by atoms with Crippen LogP contribution in [0.1, 0.15) is 12.5 Å². The molecule has 0 heterocycles. The first-order chi connectivity index (χ1) is 11.0. The molecule has 0 spiro atoms. The standard InChI is InChI=1S/C17H15NO4S/c1-2-22-17-11-13(8-9-16(17)19)10-15(12-18)23(20,21)14-6-4-3-5-7-14/h3-11,19H,2H2,1H3/b15-10-. The van der Waals surface area contributed by atoms with E-state index in [-0.39, 0.29) is 21.3 Å². The molecule has 23 heavy (non-hydrogen) atoms. The van der Waals surface area contributed by atoms with Gasteiger partial charge in [-0.1, -0.05) is 24.3 Å². The average Bonchev–Trinajstić information content (AvgIpc) is 2.56. The van der Waals surface area contributed by atoms with Gasteiger partial charge >= 0.3 is 0 Å². The van der Waals surface area contributed by atoms with Crippen LogP contribution in [-0.4, -0.2) is 20.1 Å². The van der Waals surface area contributed by atoms with E-state index in [1.807, 2.05) is 0 Å². The number of nitrogens with zero attached hydrogens (tertiary/aromatic N) is 1. The van der Waals surface area contributed by atoms with Gasteiger partial charge in [-0.25, -0.2) is 8.42 Å². The van der Waals surface area contributed by atoms with Crippen molar-refractivity contribution in [1.82, 2.24) is 0 Å². The minimum atomic E-state index is -3.89. The molecule has 0 saturated carbocycles. The highest BCUT2D eigenvalue weighted by Crippen LogP contribution is 2.29. The van der Waals surface area contributed by atoms with E-state index >= 15 is 0 Å². The zero-order valence-electron chi connectivity index (χ0n) is 12.4. The van der Waals surface area contributed by atoms with Crippen molar-refractivity contribution in [1.29, 1.82) is 5.26 Å². The molecule has 0 amide bonds. The van der Waals surface area contributed by atoms with Gasteiger partial charge in [-0.15, -0.1) is 0 Å². The summed E-state index contributed by atoms with van der Waals surface area (Å²) in [4.78, 5) is -0.326. The summed E-state index contributed by atoms with van der Waals surface area (Å²) in [6.45, 7) is 2.12. The van der Waals surface area contributed by atoms with E-state index in [0.717, 1.165) is 0 Å². The van der Waals surface area contributed by atoms with E-state index < -0.39 is 9.84 Å². The third-order valence-corrected chi connectivity index (χ3v) is 4.72. The van der Waals surface area contributed by atoms with Crippen molar-refractivity contribution in [2.24, 2.45) is 0 Å². The maximum absolute atomic E-state index is 12.5. The van der Waals surface area contributed by atoms with Crippen LogP contribution in [0.3, 0.4) is 0 Å². The first kappa shape index (κ1) is 16.6. The lowest BCUT2D eigenvalue weighted by Crippen LogP contribution is -2.03. The van der Waals surface area contributed by atoms with Crippen LogP contribution >= 0.6 is 0 Å². The number of sulfone groups is 1. The SMILES string of the molecule is CCOc1cc(/C=C(/C#N)S(=O)(=O)c2ccccc2)ccc1O. The van der Waals surface area contributed by atoms with Gasteiger partial charge in [0.2, 0.25) is 9.84 Å². The van der Waals surface area contributed by atoms with Crippen LogP contribution in [0.15, 0.2) is 58.3 Å². The van der Waals surface area contributed by atoms with E-state index in [0.29, 0.717) is 12.2 Å². The number of rotatable bonds is 5. The van der Waals surface area contributed by atoms with Crippen molar-refractivity contribution in [3.63, 3.8) is 0 Å². The van der Waals surface area contributed by atoms with Crippen molar-refractivity contribution in [2.75, 3.05) is 6.61 Å². The van der Waals surface area contributed by atoms with E-state index in [1.54, 1.807) is 31.2 Å². The fourth-order valence-corrected chi connectivity index (χ4v) is 3.12. The van der Waals surface area contributed by atoms with Crippen molar-refractivity contribution >= 4 is 15.9 Å². The molecule has 0 fully saturated rings. The minimum Gasteiger partial charge on any atom is -0.504 e. The molecule has 1 N–H and O–H groups in total. The highest BCUT2D eigenvalue weighted by atomic mass is 32.2. The van der Waals surface area contributed by atoms with Gasteiger partial charge in [0.05, 0.1) is 11.5 Å². The number of phenolic OH excluding ortho intramolecular Hbond substituents is 1. The molecular formula is C17H15NO4S. The zero-order valence-corrected chi connectivity index (χ0v) is 13.2. The summed E-state index contributed by atoms with van der Waals surface area (Å²) in [6.07, 6.45) is 1.25. The summed E-state index contributed by atoms with van der Waals surface area (Å²) in [5.74, 6) is 0.184. The van der Waals surface area contributed by atoms with E-state index in [4.69, 9.17) is 4.74 Å². The van der Waals surface area contributed by atoms with E-state index in [1.165, 1.54) is 36.4 Å². The minimum absolute atomic E-state index is 0.0478. The summed E-state index contributed by atoms with van der Waals surface area (Å²) < 4.78 is 30.2. The normalized spacial score (nSPS) is 11.7. The lowest BCUT2D eigenvalue weighted by molar-refractivity contribution is 0.318. The lowest BCUT2D eigenvalue weighted by Gasteiger charge is -2.07. The highest BCUT2D eigenvalue weighted by Gasteiger charge is 2.20. The van der Waals surface area contributed by atoms with Gasteiger partial charge < -0.3 is 9.84 Å². The first-order valence-electron chi connectivity index (χ1n) is 6.86. The molecule has 118 valence electrons. The Hall–Kier alpha value is -2.78. The molecule has 0 aliphatic rings. The van der Waals surface area contributed by atoms with Gasteiger partial charge in [-0.2, -0.15) is 5.26 Å².